The third kappa shape index (κ3) is 3.68. The van der Waals surface area contributed by atoms with E-state index in [0.29, 0.717) is 0 Å². The minimum atomic E-state index is 0.0319. The predicted octanol–water partition coefficient (Wildman–Crippen LogP) is 5.05. The molecule has 1 aliphatic rings. The Morgan fingerprint density at radius 2 is 1.80 bits per heavy atom. The minimum Gasteiger partial charge on any atom is -0.345 e. The summed E-state index contributed by atoms with van der Waals surface area (Å²) < 4.78 is 2.39. The van der Waals surface area contributed by atoms with Gasteiger partial charge in [0.05, 0.1) is 5.52 Å². The van der Waals surface area contributed by atoms with Crippen molar-refractivity contribution in [2.24, 2.45) is 0 Å². The van der Waals surface area contributed by atoms with E-state index in [1.54, 1.807) is 19.0 Å². The number of hydrogen-bond donors (Lipinski definition) is 0. The van der Waals surface area contributed by atoms with Crippen molar-refractivity contribution >= 4 is 28.6 Å². The van der Waals surface area contributed by atoms with Gasteiger partial charge in [-0.2, -0.15) is 0 Å². The molecular weight excluding hydrogens is 370 g/mol. The third-order valence-corrected chi connectivity index (χ3v) is 6.19. The van der Waals surface area contributed by atoms with Gasteiger partial charge < -0.3 is 9.47 Å². The molecule has 4 rings (SSSR count). The van der Waals surface area contributed by atoms with Crippen molar-refractivity contribution in [1.82, 2.24) is 14.4 Å². The summed E-state index contributed by atoms with van der Waals surface area (Å²) in [7, 11) is 3.56. The van der Waals surface area contributed by atoms with Crippen LogP contribution < -0.4 is 0 Å². The maximum Gasteiger partial charge on any atom is 0.253 e. The molecule has 156 valence electrons. The molecule has 1 aliphatic heterocycles. The number of amides is 1. The molecule has 2 aromatic carbocycles. The molecule has 0 radical (unpaired) electrons. The predicted molar refractivity (Wildman–Crippen MR) is 126 cm³/mol. The first-order valence-corrected chi connectivity index (χ1v) is 10.7. The Labute approximate surface area is 179 Å². The Hall–Kier alpha value is -2.85. The zero-order chi connectivity index (χ0) is 21.4. The number of rotatable bonds is 4. The van der Waals surface area contributed by atoms with Gasteiger partial charge in [-0.15, -0.1) is 0 Å². The summed E-state index contributed by atoms with van der Waals surface area (Å²) in [6, 6.07) is 14.7. The van der Waals surface area contributed by atoms with E-state index in [1.165, 1.54) is 33.3 Å². The van der Waals surface area contributed by atoms with Gasteiger partial charge >= 0.3 is 0 Å². The van der Waals surface area contributed by atoms with E-state index in [9.17, 15) is 4.79 Å². The molecule has 1 amide bonds. The second-order valence-electron chi connectivity index (χ2n) is 8.52. The monoisotopic (exact) mass is 401 g/mol. The molecule has 0 saturated carbocycles. The quantitative estimate of drug-likeness (QED) is 0.612. The van der Waals surface area contributed by atoms with Crippen molar-refractivity contribution in [2.45, 2.75) is 33.7 Å². The van der Waals surface area contributed by atoms with Gasteiger partial charge in [-0.1, -0.05) is 30.7 Å². The fraction of sp³-hybridized carbons (Fsp3) is 0.346. The average Bonchev–Trinajstić information content (AvgIpc) is 3.05. The highest BCUT2D eigenvalue weighted by molar-refractivity contribution is 5.94. The molecule has 0 fully saturated rings. The maximum atomic E-state index is 12.2. The van der Waals surface area contributed by atoms with E-state index in [1.807, 2.05) is 24.3 Å². The molecule has 3 aromatic rings. The Balaban J connectivity index is 1.76. The zero-order valence-corrected chi connectivity index (χ0v) is 18.7. The highest BCUT2D eigenvalue weighted by atomic mass is 16.2. The number of allylic oxidation sites excluding steroid dienone is 1. The number of fused-ring (bicyclic) bond motifs is 3. The van der Waals surface area contributed by atoms with Crippen LogP contribution in [0.1, 0.15) is 46.6 Å². The van der Waals surface area contributed by atoms with Gasteiger partial charge in [-0.25, -0.2) is 0 Å². The Morgan fingerprint density at radius 3 is 2.47 bits per heavy atom. The topological polar surface area (TPSA) is 28.5 Å². The van der Waals surface area contributed by atoms with Gasteiger partial charge in [0.2, 0.25) is 0 Å². The second kappa shape index (κ2) is 8.11. The van der Waals surface area contributed by atoms with E-state index in [-0.39, 0.29) is 5.91 Å². The molecule has 1 aromatic heterocycles. The normalized spacial score (nSPS) is 14.8. The lowest BCUT2D eigenvalue weighted by Gasteiger charge is -2.26. The van der Waals surface area contributed by atoms with Gasteiger partial charge in [0.1, 0.15) is 0 Å². The fourth-order valence-corrected chi connectivity index (χ4v) is 4.38. The third-order valence-electron chi connectivity index (χ3n) is 6.19. The van der Waals surface area contributed by atoms with Gasteiger partial charge in [-0.05, 0) is 61.4 Å². The standard InChI is InChI=1S/C26H31N3O/c1-6-28-14-13-25-23(17-28)22-15-18(2)7-12-24(22)29(25)16-19(3)20-8-10-21(11-9-20)26(30)27(4)5/h7-12,15-16H,6,13-14,17H2,1-5H3/b19-16+. The van der Waals surface area contributed by atoms with Gasteiger partial charge in [0, 0.05) is 56.4 Å². The fourth-order valence-electron chi connectivity index (χ4n) is 4.38. The number of likely N-dealkylation sites (N-methyl/N-ethyl adjacent to an activating group) is 1. The van der Waals surface area contributed by atoms with Crippen LogP contribution >= 0.6 is 0 Å². The number of carbonyl (C=O) groups is 1. The van der Waals surface area contributed by atoms with E-state index < -0.39 is 0 Å². The number of nitrogens with zero attached hydrogens (tertiary/aromatic N) is 3. The van der Waals surface area contributed by atoms with E-state index in [2.05, 4.69) is 54.6 Å². The van der Waals surface area contributed by atoms with E-state index in [0.717, 1.165) is 37.2 Å². The molecule has 30 heavy (non-hydrogen) atoms. The molecule has 0 saturated heterocycles. The van der Waals surface area contributed by atoms with Crippen LogP contribution in [0.2, 0.25) is 0 Å². The molecule has 0 unspecified atom stereocenters. The van der Waals surface area contributed by atoms with E-state index >= 15 is 0 Å². The zero-order valence-electron chi connectivity index (χ0n) is 18.7. The average molecular weight is 402 g/mol. The van der Waals surface area contributed by atoms with Gasteiger partial charge in [0.25, 0.3) is 5.91 Å². The Bertz CT molecular complexity index is 1120. The lowest BCUT2D eigenvalue weighted by atomic mass is 10.0. The number of aromatic nitrogens is 1. The number of aryl methyl sites for hydroxylation is 1. The lowest BCUT2D eigenvalue weighted by Crippen LogP contribution is -2.30. The SMILES string of the molecule is CCN1CCc2c(c3cc(C)ccc3n2/C=C(\C)c2ccc(C(=O)N(C)C)cc2)C1. The van der Waals surface area contributed by atoms with Gasteiger partial charge in [-0.3, -0.25) is 9.69 Å². The van der Waals surface area contributed by atoms with Crippen molar-refractivity contribution in [3.63, 3.8) is 0 Å². The molecule has 0 aliphatic carbocycles. The van der Waals surface area contributed by atoms with Crippen LogP contribution in [-0.4, -0.2) is 47.5 Å². The summed E-state index contributed by atoms with van der Waals surface area (Å²) in [4.78, 5) is 16.3. The Morgan fingerprint density at radius 1 is 1.10 bits per heavy atom. The summed E-state index contributed by atoms with van der Waals surface area (Å²) in [5.74, 6) is 0.0319. The summed E-state index contributed by atoms with van der Waals surface area (Å²) in [5.41, 5.74) is 8.53. The summed E-state index contributed by atoms with van der Waals surface area (Å²) >= 11 is 0. The van der Waals surface area contributed by atoms with Crippen LogP contribution in [0.5, 0.6) is 0 Å². The van der Waals surface area contributed by atoms with Crippen LogP contribution in [0.15, 0.2) is 42.5 Å². The van der Waals surface area contributed by atoms with Crippen LogP contribution in [0.25, 0.3) is 22.7 Å². The number of carbonyl (C=O) groups excluding carboxylic acids is 1. The molecule has 0 spiro atoms. The first-order chi connectivity index (χ1) is 14.4. The summed E-state index contributed by atoms with van der Waals surface area (Å²) in [6.45, 7) is 9.77. The highest BCUT2D eigenvalue weighted by Crippen LogP contribution is 2.33. The molecule has 2 heterocycles. The van der Waals surface area contributed by atoms with E-state index in [4.69, 9.17) is 0 Å². The first kappa shape index (κ1) is 20.4. The summed E-state index contributed by atoms with van der Waals surface area (Å²) in [5, 5.41) is 1.37. The first-order valence-electron chi connectivity index (χ1n) is 10.7. The molecule has 0 atom stereocenters. The molecule has 4 heteroatoms. The van der Waals surface area contributed by atoms with Crippen molar-refractivity contribution in [3.05, 3.63) is 70.4 Å². The number of benzene rings is 2. The molecule has 0 N–H and O–H groups in total. The van der Waals surface area contributed by atoms with Crippen molar-refractivity contribution in [3.8, 4) is 0 Å². The largest absolute Gasteiger partial charge is 0.345 e. The van der Waals surface area contributed by atoms with Crippen LogP contribution in [0.3, 0.4) is 0 Å². The van der Waals surface area contributed by atoms with Crippen molar-refractivity contribution in [2.75, 3.05) is 27.2 Å². The molecular formula is C26H31N3O. The lowest BCUT2D eigenvalue weighted by molar-refractivity contribution is 0.0827. The second-order valence-corrected chi connectivity index (χ2v) is 8.52. The number of hydrogen-bond acceptors (Lipinski definition) is 2. The minimum absolute atomic E-state index is 0.0319. The van der Waals surface area contributed by atoms with Gasteiger partial charge in [0.15, 0.2) is 0 Å². The maximum absolute atomic E-state index is 12.2. The molecule has 0 bridgehead atoms. The van der Waals surface area contributed by atoms with Crippen LogP contribution in [0.4, 0.5) is 0 Å². The van der Waals surface area contributed by atoms with Crippen LogP contribution in [0, 0.1) is 6.92 Å². The smallest absolute Gasteiger partial charge is 0.253 e. The Kier molecular flexibility index (Phi) is 5.52. The van der Waals surface area contributed by atoms with Crippen LogP contribution in [-0.2, 0) is 13.0 Å². The molecule has 4 nitrogen and oxygen atoms in total. The summed E-state index contributed by atoms with van der Waals surface area (Å²) in [6.07, 6.45) is 3.33. The highest BCUT2D eigenvalue weighted by Gasteiger charge is 2.23. The van der Waals surface area contributed by atoms with Crippen molar-refractivity contribution < 1.29 is 4.79 Å². The van der Waals surface area contributed by atoms with Crippen molar-refractivity contribution in [1.29, 1.82) is 0 Å².